The van der Waals surface area contributed by atoms with Crippen LogP contribution in [0.1, 0.15) is 6.42 Å². The predicted octanol–water partition coefficient (Wildman–Crippen LogP) is -0.552. The van der Waals surface area contributed by atoms with E-state index in [-0.39, 0.29) is 19.1 Å². The minimum absolute atomic E-state index is 0.133. The highest BCUT2D eigenvalue weighted by molar-refractivity contribution is 5.83. The average Bonchev–Trinajstić information content (AvgIpc) is 2.76. The fourth-order valence-corrected chi connectivity index (χ4v) is 1.87. The summed E-state index contributed by atoms with van der Waals surface area (Å²) in [6.07, 6.45) is 1.94. The van der Waals surface area contributed by atoms with Gasteiger partial charge in [0.05, 0.1) is 25.3 Å². The zero-order chi connectivity index (χ0) is 13.0. The van der Waals surface area contributed by atoms with Crippen LogP contribution in [0.3, 0.4) is 0 Å². The molecule has 0 aromatic rings. The largest absolute Gasteiger partial charge is 0.481 e. The van der Waals surface area contributed by atoms with Gasteiger partial charge in [0.15, 0.2) is 0 Å². The second-order valence-corrected chi connectivity index (χ2v) is 4.13. The van der Waals surface area contributed by atoms with Crippen LogP contribution in [-0.2, 0) is 14.3 Å². The maximum Gasteiger partial charge on any atom is 0.311 e. The summed E-state index contributed by atoms with van der Waals surface area (Å²) in [5.41, 5.74) is 5.67. The molecular formula is C11H18N2O4. The van der Waals surface area contributed by atoms with Crippen LogP contribution in [0.5, 0.6) is 0 Å². The normalized spacial score (nSPS) is 25.3. The summed E-state index contributed by atoms with van der Waals surface area (Å²) in [5, 5.41) is 8.99. The van der Waals surface area contributed by atoms with Crippen LogP contribution in [0.2, 0.25) is 0 Å². The van der Waals surface area contributed by atoms with Gasteiger partial charge in [-0.3, -0.25) is 9.59 Å². The Morgan fingerprint density at radius 1 is 1.65 bits per heavy atom. The van der Waals surface area contributed by atoms with Gasteiger partial charge in [0, 0.05) is 7.05 Å². The molecule has 3 unspecified atom stereocenters. The number of amides is 1. The van der Waals surface area contributed by atoms with Crippen molar-refractivity contribution in [2.45, 2.75) is 18.5 Å². The molecule has 1 saturated heterocycles. The van der Waals surface area contributed by atoms with Crippen molar-refractivity contribution in [1.82, 2.24) is 4.90 Å². The van der Waals surface area contributed by atoms with Crippen molar-refractivity contribution in [3.63, 3.8) is 0 Å². The van der Waals surface area contributed by atoms with Gasteiger partial charge in [-0.15, -0.1) is 6.58 Å². The van der Waals surface area contributed by atoms with Crippen LogP contribution in [0, 0.1) is 5.92 Å². The Labute approximate surface area is 100 Å². The Bertz CT molecular complexity index is 319. The number of carbonyl (C=O) groups excluding carboxylic acids is 1. The quantitative estimate of drug-likeness (QED) is 0.631. The van der Waals surface area contributed by atoms with E-state index in [1.165, 1.54) is 4.90 Å². The molecular weight excluding hydrogens is 224 g/mol. The fraction of sp³-hybridized carbons (Fsp3) is 0.636. The van der Waals surface area contributed by atoms with Crippen LogP contribution >= 0.6 is 0 Å². The van der Waals surface area contributed by atoms with E-state index < -0.39 is 24.0 Å². The summed E-state index contributed by atoms with van der Waals surface area (Å²) in [7, 11) is 1.56. The Balaban J connectivity index is 2.68. The van der Waals surface area contributed by atoms with E-state index in [1.54, 1.807) is 13.1 Å². The zero-order valence-corrected chi connectivity index (χ0v) is 9.83. The molecule has 0 saturated carbocycles. The molecule has 0 spiro atoms. The molecule has 0 aromatic heterocycles. The lowest BCUT2D eigenvalue weighted by atomic mass is 10.0. The summed E-state index contributed by atoms with van der Waals surface area (Å²) in [5.74, 6) is -1.92. The first-order valence-electron chi connectivity index (χ1n) is 5.42. The molecule has 0 radical (unpaired) electrons. The van der Waals surface area contributed by atoms with E-state index >= 15 is 0 Å². The lowest BCUT2D eigenvalue weighted by molar-refractivity contribution is -0.144. The van der Waals surface area contributed by atoms with Gasteiger partial charge in [0.1, 0.15) is 5.92 Å². The summed E-state index contributed by atoms with van der Waals surface area (Å²) < 4.78 is 5.11. The van der Waals surface area contributed by atoms with Crippen LogP contribution in [0.4, 0.5) is 0 Å². The first-order valence-corrected chi connectivity index (χ1v) is 5.42. The minimum Gasteiger partial charge on any atom is -0.481 e. The van der Waals surface area contributed by atoms with E-state index in [0.29, 0.717) is 6.42 Å². The molecule has 1 aliphatic heterocycles. The number of nitrogens with zero attached hydrogens (tertiary/aromatic N) is 1. The van der Waals surface area contributed by atoms with Gasteiger partial charge in [-0.2, -0.15) is 0 Å². The highest BCUT2D eigenvalue weighted by atomic mass is 16.5. The molecule has 1 rings (SSSR count). The summed E-state index contributed by atoms with van der Waals surface area (Å²) >= 11 is 0. The van der Waals surface area contributed by atoms with Crippen LogP contribution in [0.25, 0.3) is 0 Å². The first-order chi connectivity index (χ1) is 7.99. The molecule has 1 amide bonds. The van der Waals surface area contributed by atoms with Crippen molar-refractivity contribution < 1.29 is 19.4 Å². The smallest absolute Gasteiger partial charge is 0.311 e. The van der Waals surface area contributed by atoms with Crippen LogP contribution < -0.4 is 5.73 Å². The number of carboxylic acid groups (broad SMARTS) is 1. The Morgan fingerprint density at radius 2 is 2.29 bits per heavy atom. The van der Waals surface area contributed by atoms with Gasteiger partial charge in [0.25, 0.3) is 0 Å². The van der Waals surface area contributed by atoms with Crippen LogP contribution in [0.15, 0.2) is 12.7 Å². The van der Waals surface area contributed by atoms with Gasteiger partial charge in [-0.25, -0.2) is 0 Å². The second kappa shape index (κ2) is 5.79. The van der Waals surface area contributed by atoms with Crippen molar-refractivity contribution in [1.29, 1.82) is 0 Å². The maximum absolute atomic E-state index is 11.9. The Morgan fingerprint density at radius 3 is 2.82 bits per heavy atom. The van der Waals surface area contributed by atoms with Crippen molar-refractivity contribution in [3.05, 3.63) is 12.7 Å². The Hall–Kier alpha value is -1.40. The Kier molecular flexibility index (Phi) is 4.65. The molecule has 17 heavy (non-hydrogen) atoms. The molecule has 0 aliphatic carbocycles. The first kappa shape index (κ1) is 13.7. The maximum atomic E-state index is 11.9. The van der Waals surface area contributed by atoms with Gasteiger partial charge in [-0.1, -0.05) is 6.08 Å². The van der Waals surface area contributed by atoms with Crippen molar-refractivity contribution in [3.8, 4) is 0 Å². The third-order valence-corrected chi connectivity index (χ3v) is 2.95. The molecule has 3 atom stereocenters. The van der Waals surface area contributed by atoms with E-state index in [4.69, 9.17) is 15.6 Å². The molecule has 1 heterocycles. The molecule has 96 valence electrons. The topological polar surface area (TPSA) is 92.9 Å². The molecule has 0 bridgehead atoms. The third-order valence-electron chi connectivity index (χ3n) is 2.95. The zero-order valence-electron chi connectivity index (χ0n) is 9.83. The van der Waals surface area contributed by atoms with Crippen molar-refractivity contribution in [2.75, 3.05) is 20.3 Å². The van der Waals surface area contributed by atoms with E-state index in [2.05, 4.69) is 6.58 Å². The molecule has 3 N–H and O–H groups in total. The van der Waals surface area contributed by atoms with E-state index in [0.717, 1.165) is 0 Å². The number of likely N-dealkylation sites (N-methyl/N-ethyl adjacent to an activating group) is 1. The highest BCUT2D eigenvalue weighted by Gasteiger charge is 2.39. The highest BCUT2D eigenvalue weighted by Crippen LogP contribution is 2.19. The van der Waals surface area contributed by atoms with Gasteiger partial charge in [-0.05, 0) is 6.42 Å². The minimum atomic E-state index is -0.954. The standard InChI is InChI=1S/C11H18N2O4/c1-3-4-8(12)10(14)13(2)9-6-17-5-7(9)11(15)16/h3,7-9H,1,4-6,12H2,2H3,(H,15,16). The molecule has 1 aliphatic rings. The van der Waals surface area contributed by atoms with Gasteiger partial charge < -0.3 is 20.5 Å². The predicted molar refractivity (Wildman–Crippen MR) is 61.3 cm³/mol. The van der Waals surface area contributed by atoms with Crippen LogP contribution in [-0.4, -0.2) is 54.2 Å². The molecule has 1 fully saturated rings. The number of nitrogens with two attached hydrogens (primary N) is 1. The van der Waals surface area contributed by atoms with E-state index in [1.807, 2.05) is 0 Å². The number of hydrogen-bond donors (Lipinski definition) is 2. The molecule has 0 aromatic carbocycles. The number of hydrogen-bond acceptors (Lipinski definition) is 4. The fourth-order valence-electron chi connectivity index (χ4n) is 1.87. The summed E-state index contributed by atoms with van der Waals surface area (Å²) in [6.45, 7) is 3.88. The second-order valence-electron chi connectivity index (χ2n) is 4.13. The number of rotatable bonds is 5. The summed E-state index contributed by atoms with van der Waals surface area (Å²) in [6, 6.07) is -1.12. The lowest BCUT2D eigenvalue weighted by Crippen LogP contribution is -2.50. The average molecular weight is 242 g/mol. The SMILES string of the molecule is C=CCC(N)C(=O)N(C)C1COCC1C(=O)O. The molecule has 6 heteroatoms. The number of carbonyl (C=O) groups is 2. The van der Waals surface area contributed by atoms with Gasteiger partial charge in [0.2, 0.25) is 5.91 Å². The third kappa shape index (κ3) is 3.04. The summed E-state index contributed by atoms with van der Waals surface area (Å²) in [4.78, 5) is 24.2. The van der Waals surface area contributed by atoms with Gasteiger partial charge >= 0.3 is 5.97 Å². The number of aliphatic carboxylic acids is 1. The van der Waals surface area contributed by atoms with Crippen molar-refractivity contribution >= 4 is 11.9 Å². The van der Waals surface area contributed by atoms with E-state index in [9.17, 15) is 9.59 Å². The van der Waals surface area contributed by atoms with Crippen molar-refractivity contribution in [2.24, 2.45) is 11.7 Å². The lowest BCUT2D eigenvalue weighted by Gasteiger charge is -2.28. The monoisotopic (exact) mass is 242 g/mol. The molecule has 6 nitrogen and oxygen atoms in total. The number of ether oxygens (including phenoxy) is 1. The number of carboxylic acids is 1.